The Morgan fingerprint density at radius 3 is 2.23 bits per heavy atom. The van der Waals surface area contributed by atoms with Crippen molar-refractivity contribution >= 4 is 17.5 Å². The summed E-state index contributed by atoms with van der Waals surface area (Å²) in [6, 6.07) is 12.8. The second kappa shape index (κ2) is 9.33. The lowest BCUT2D eigenvalue weighted by Gasteiger charge is -2.30. The molecule has 30 heavy (non-hydrogen) atoms. The van der Waals surface area contributed by atoms with Crippen molar-refractivity contribution in [1.29, 1.82) is 0 Å². The van der Waals surface area contributed by atoms with Crippen LogP contribution in [-0.2, 0) is 15.6 Å². The Bertz CT molecular complexity index is 916. The molecule has 0 atom stereocenters. The molecule has 5 nitrogen and oxygen atoms in total. The summed E-state index contributed by atoms with van der Waals surface area (Å²) in [4.78, 5) is 23.7. The van der Waals surface area contributed by atoms with Crippen LogP contribution in [0, 0.1) is 0 Å². The highest BCUT2D eigenvalue weighted by atomic mass is 16.5. The summed E-state index contributed by atoms with van der Waals surface area (Å²) in [6.45, 7) is 13.1. The minimum atomic E-state index is -0.538. The van der Waals surface area contributed by atoms with Gasteiger partial charge in [-0.2, -0.15) is 0 Å². The Balaban J connectivity index is 2.20. The highest BCUT2D eigenvalue weighted by molar-refractivity contribution is 5.96. The zero-order valence-corrected chi connectivity index (χ0v) is 19.0. The molecule has 0 unspecified atom stereocenters. The molecule has 0 aliphatic rings. The fourth-order valence-corrected chi connectivity index (χ4v) is 3.09. The van der Waals surface area contributed by atoms with Gasteiger partial charge in [0.15, 0.2) is 6.61 Å². The molecule has 0 bridgehead atoms. The van der Waals surface area contributed by atoms with Crippen molar-refractivity contribution < 1.29 is 14.3 Å². The average molecular weight is 411 g/mol. The first kappa shape index (κ1) is 23.5. The third-order valence-electron chi connectivity index (χ3n) is 6.05. The van der Waals surface area contributed by atoms with E-state index in [-0.39, 0.29) is 23.3 Å². The van der Waals surface area contributed by atoms with Gasteiger partial charge in [0.25, 0.3) is 5.91 Å². The molecular formula is C25H34N2O3. The van der Waals surface area contributed by atoms with Gasteiger partial charge in [0.2, 0.25) is 5.91 Å². The Morgan fingerprint density at radius 1 is 0.967 bits per heavy atom. The van der Waals surface area contributed by atoms with Gasteiger partial charge in [0.1, 0.15) is 5.75 Å². The lowest BCUT2D eigenvalue weighted by Crippen LogP contribution is -2.24. The maximum absolute atomic E-state index is 12.4. The van der Waals surface area contributed by atoms with Gasteiger partial charge >= 0.3 is 0 Å². The van der Waals surface area contributed by atoms with Crippen molar-refractivity contribution in [3.05, 3.63) is 59.2 Å². The van der Waals surface area contributed by atoms with E-state index in [2.05, 4.69) is 59.0 Å². The Kier molecular flexibility index (Phi) is 7.30. The number of carbonyl (C=O) groups is 2. The average Bonchev–Trinajstić information content (AvgIpc) is 2.72. The van der Waals surface area contributed by atoms with Gasteiger partial charge in [-0.1, -0.05) is 59.7 Å². The van der Waals surface area contributed by atoms with E-state index in [9.17, 15) is 9.59 Å². The lowest BCUT2D eigenvalue weighted by molar-refractivity contribution is -0.118. The first-order valence-electron chi connectivity index (χ1n) is 10.5. The first-order valence-corrected chi connectivity index (χ1v) is 10.5. The maximum Gasteiger partial charge on any atom is 0.262 e. The molecule has 0 fully saturated rings. The summed E-state index contributed by atoms with van der Waals surface area (Å²) >= 11 is 0. The number of nitrogens with two attached hydrogens (primary N) is 1. The number of carbonyl (C=O) groups excluding carboxylic acids is 2. The number of hydrogen-bond donors (Lipinski definition) is 2. The predicted molar refractivity (Wildman–Crippen MR) is 122 cm³/mol. The summed E-state index contributed by atoms with van der Waals surface area (Å²) < 4.78 is 5.93. The standard InChI is InChI=1S/C25H34N2O3/c1-7-24(3,4)18-12-13-21(20(15-18)25(5,6)8-2)30-16-22(28)27-19-11-9-10-17(14-19)23(26)29/h9-15H,7-8,16H2,1-6H3,(H2,26,29)(H,27,28). The summed E-state index contributed by atoms with van der Waals surface area (Å²) in [6.07, 6.45) is 1.98. The molecule has 2 rings (SSSR count). The van der Waals surface area contributed by atoms with E-state index in [1.807, 2.05) is 6.07 Å². The SMILES string of the molecule is CCC(C)(C)c1ccc(OCC(=O)Nc2cccc(C(N)=O)c2)c(C(C)(C)CC)c1. The van der Waals surface area contributed by atoms with E-state index in [0.29, 0.717) is 11.3 Å². The Hall–Kier alpha value is -2.82. The molecule has 5 heteroatoms. The topological polar surface area (TPSA) is 81.4 Å². The molecular weight excluding hydrogens is 376 g/mol. The predicted octanol–water partition coefficient (Wildman–Crippen LogP) is 5.18. The minimum Gasteiger partial charge on any atom is -0.483 e. The smallest absolute Gasteiger partial charge is 0.262 e. The van der Waals surface area contributed by atoms with Crippen LogP contribution in [0.4, 0.5) is 5.69 Å². The van der Waals surface area contributed by atoms with Crippen LogP contribution in [0.2, 0.25) is 0 Å². The van der Waals surface area contributed by atoms with Crippen LogP contribution in [0.3, 0.4) is 0 Å². The monoisotopic (exact) mass is 410 g/mol. The number of rotatable bonds is 9. The molecule has 2 aromatic carbocycles. The van der Waals surface area contributed by atoms with Gasteiger partial charge in [0, 0.05) is 16.8 Å². The van der Waals surface area contributed by atoms with Crippen molar-refractivity contribution in [3.8, 4) is 5.75 Å². The van der Waals surface area contributed by atoms with Crippen LogP contribution in [0.15, 0.2) is 42.5 Å². The molecule has 0 aromatic heterocycles. The third-order valence-corrected chi connectivity index (χ3v) is 6.05. The summed E-state index contributed by atoms with van der Waals surface area (Å²) in [5.41, 5.74) is 8.50. The first-order chi connectivity index (χ1) is 14.0. The number of benzene rings is 2. The summed E-state index contributed by atoms with van der Waals surface area (Å²) in [5, 5.41) is 2.75. The van der Waals surface area contributed by atoms with E-state index in [1.165, 1.54) is 5.56 Å². The molecule has 0 saturated heterocycles. The van der Waals surface area contributed by atoms with E-state index in [4.69, 9.17) is 10.5 Å². The number of ether oxygens (including phenoxy) is 1. The summed E-state index contributed by atoms with van der Waals surface area (Å²) in [5.74, 6) is -0.114. The number of primary amides is 1. The van der Waals surface area contributed by atoms with Crippen LogP contribution in [0.1, 0.15) is 75.9 Å². The Labute approximate surface area is 180 Å². The minimum absolute atomic E-state index is 0.0694. The zero-order valence-electron chi connectivity index (χ0n) is 19.0. The van der Waals surface area contributed by atoms with E-state index in [0.717, 1.165) is 24.2 Å². The van der Waals surface area contributed by atoms with Gasteiger partial charge in [-0.05, 0) is 53.5 Å². The number of anilines is 1. The number of hydrogen-bond acceptors (Lipinski definition) is 3. The zero-order chi connectivity index (χ0) is 22.5. The van der Waals surface area contributed by atoms with Crippen LogP contribution in [-0.4, -0.2) is 18.4 Å². The number of nitrogens with one attached hydrogen (secondary N) is 1. The normalized spacial score (nSPS) is 11.8. The lowest BCUT2D eigenvalue weighted by atomic mass is 9.76. The molecule has 0 heterocycles. The van der Waals surface area contributed by atoms with Crippen molar-refractivity contribution in [2.75, 3.05) is 11.9 Å². The number of amides is 2. The van der Waals surface area contributed by atoms with Crippen LogP contribution >= 0.6 is 0 Å². The van der Waals surface area contributed by atoms with Crippen molar-refractivity contribution in [2.24, 2.45) is 5.73 Å². The third kappa shape index (κ3) is 5.62. The molecule has 2 amide bonds. The van der Waals surface area contributed by atoms with Crippen LogP contribution in [0.5, 0.6) is 5.75 Å². The fraction of sp³-hybridized carbons (Fsp3) is 0.440. The molecule has 0 aliphatic heterocycles. The van der Waals surface area contributed by atoms with Gasteiger partial charge in [-0.25, -0.2) is 0 Å². The molecule has 2 aromatic rings. The molecule has 0 spiro atoms. The largest absolute Gasteiger partial charge is 0.483 e. The quantitative estimate of drug-likeness (QED) is 0.598. The molecule has 0 aliphatic carbocycles. The van der Waals surface area contributed by atoms with Gasteiger partial charge in [-0.3, -0.25) is 9.59 Å². The van der Waals surface area contributed by atoms with Crippen molar-refractivity contribution in [1.82, 2.24) is 0 Å². The van der Waals surface area contributed by atoms with Gasteiger partial charge < -0.3 is 15.8 Å². The van der Waals surface area contributed by atoms with Gasteiger partial charge in [-0.15, -0.1) is 0 Å². The molecule has 162 valence electrons. The highest BCUT2D eigenvalue weighted by Crippen LogP contribution is 2.38. The van der Waals surface area contributed by atoms with Crippen molar-refractivity contribution in [2.45, 2.75) is 65.2 Å². The van der Waals surface area contributed by atoms with Crippen LogP contribution in [0.25, 0.3) is 0 Å². The molecule has 3 N–H and O–H groups in total. The van der Waals surface area contributed by atoms with Crippen LogP contribution < -0.4 is 15.8 Å². The fourth-order valence-electron chi connectivity index (χ4n) is 3.09. The van der Waals surface area contributed by atoms with E-state index < -0.39 is 5.91 Å². The second-order valence-electron chi connectivity index (χ2n) is 8.97. The summed E-state index contributed by atoms with van der Waals surface area (Å²) in [7, 11) is 0. The highest BCUT2D eigenvalue weighted by Gasteiger charge is 2.26. The Morgan fingerprint density at radius 2 is 1.63 bits per heavy atom. The van der Waals surface area contributed by atoms with Gasteiger partial charge in [0.05, 0.1) is 0 Å². The van der Waals surface area contributed by atoms with Crippen molar-refractivity contribution in [3.63, 3.8) is 0 Å². The maximum atomic E-state index is 12.4. The molecule has 0 saturated carbocycles. The molecule has 0 radical (unpaired) electrons. The van der Waals surface area contributed by atoms with E-state index in [1.54, 1.807) is 24.3 Å². The second-order valence-corrected chi connectivity index (χ2v) is 8.97. The van der Waals surface area contributed by atoms with E-state index >= 15 is 0 Å².